The first-order chi connectivity index (χ1) is 6.20. The summed E-state index contributed by atoms with van der Waals surface area (Å²) in [4.78, 5) is 0. The number of halogens is 1. The summed E-state index contributed by atoms with van der Waals surface area (Å²) in [6, 6.07) is 1.40. The minimum Gasteiger partial charge on any atom is -0.253 e. The van der Waals surface area contributed by atoms with Crippen LogP contribution in [0.2, 0.25) is 0 Å². The molecule has 14 heavy (non-hydrogen) atoms. The van der Waals surface area contributed by atoms with Crippen molar-refractivity contribution in [3.63, 3.8) is 0 Å². The normalized spacial score (nSPS) is 13.1. The molecule has 0 aliphatic rings. The summed E-state index contributed by atoms with van der Waals surface area (Å²) in [5.41, 5.74) is -0.0393. The van der Waals surface area contributed by atoms with E-state index in [1.807, 2.05) is 20.8 Å². The molecule has 0 radical (unpaired) electrons. The average molecular weight is 237 g/mol. The van der Waals surface area contributed by atoms with Crippen LogP contribution in [0.5, 0.6) is 0 Å². The van der Waals surface area contributed by atoms with E-state index in [9.17, 15) is 8.42 Å². The summed E-state index contributed by atoms with van der Waals surface area (Å²) < 4.78 is 23.6. The third-order valence-corrected chi connectivity index (χ3v) is 2.87. The predicted molar refractivity (Wildman–Crippen MR) is 54.7 cm³/mol. The van der Waals surface area contributed by atoms with E-state index >= 15 is 0 Å². The fraction of sp³-hybridized carbons (Fsp3) is 0.625. The molecular weight excluding hydrogens is 224 g/mol. The molecule has 0 aliphatic heterocycles. The second-order valence-corrected chi connectivity index (χ2v) is 6.84. The zero-order valence-electron chi connectivity index (χ0n) is 8.36. The first-order valence-electron chi connectivity index (χ1n) is 4.17. The van der Waals surface area contributed by atoms with Gasteiger partial charge >= 0.3 is 0 Å². The van der Waals surface area contributed by atoms with Crippen molar-refractivity contribution in [3.05, 3.63) is 12.3 Å². The van der Waals surface area contributed by atoms with Crippen molar-refractivity contribution in [2.45, 2.75) is 32.3 Å². The molecule has 1 aromatic heterocycles. The number of rotatable bonds is 2. The van der Waals surface area contributed by atoms with Gasteiger partial charge in [-0.15, -0.1) is 0 Å². The Morgan fingerprint density at radius 3 is 2.50 bits per heavy atom. The maximum atomic E-state index is 11.1. The maximum absolute atomic E-state index is 11.1. The summed E-state index contributed by atoms with van der Waals surface area (Å²) in [5, 5.41) is 3.97. The van der Waals surface area contributed by atoms with E-state index in [1.165, 1.54) is 16.9 Å². The lowest BCUT2D eigenvalue weighted by Gasteiger charge is -2.18. The molecule has 0 N–H and O–H groups in total. The van der Waals surface area contributed by atoms with E-state index in [0.717, 1.165) is 0 Å². The second-order valence-electron chi connectivity index (χ2n) is 4.33. The fourth-order valence-corrected chi connectivity index (χ4v) is 2.08. The van der Waals surface area contributed by atoms with Crippen LogP contribution in [0, 0.1) is 5.41 Å². The van der Waals surface area contributed by atoms with E-state index in [4.69, 9.17) is 10.7 Å². The van der Waals surface area contributed by atoms with Crippen LogP contribution in [0.3, 0.4) is 0 Å². The lowest BCUT2D eigenvalue weighted by Crippen LogP contribution is -2.18. The highest BCUT2D eigenvalue weighted by Gasteiger charge is 2.20. The van der Waals surface area contributed by atoms with Gasteiger partial charge in [-0.25, -0.2) is 8.42 Å². The highest BCUT2D eigenvalue weighted by atomic mass is 35.7. The van der Waals surface area contributed by atoms with Gasteiger partial charge in [-0.05, 0) is 11.5 Å². The van der Waals surface area contributed by atoms with E-state index in [0.29, 0.717) is 6.54 Å². The summed E-state index contributed by atoms with van der Waals surface area (Å²) in [6.45, 7) is 6.51. The molecule has 1 rings (SSSR count). The van der Waals surface area contributed by atoms with Crippen LogP contribution in [0.15, 0.2) is 17.3 Å². The lowest BCUT2D eigenvalue weighted by atomic mass is 9.97. The number of aromatic nitrogens is 2. The van der Waals surface area contributed by atoms with E-state index in [-0.39, 0.29) is 10.4 Å². The molecule has 0 saturated carbocycles. The van der Waals surface area contributed by atoms with Crippen molar-refractivity contribution in [2.24, 2.45) is 5.41 Å². The summed E-state index contributed by atoms with van der Waals surface area (Å²) in [6.07, 6.45) is 1.43. The van der Waals surface area contributed by atoms with Gasteiger partial charge in [-0.1, -0.05) is 20.8 Å². The fourth-order valence-electron chi connectivity index (χ4n) is 1.10. The first kappa shape index (κ1) is 11.5. The SMILES string of the molecule is CC(C)(C)Cn1nccc1S(=O)(=O)Cl. The minimum absolute atomic E-state index is 0.0393. The van der Waals surface area contributed by atoms with Crippen LogP contribution < -0.4 is 0 Å². The maximum Gasteiger partial charge on any atom is 0.278 e. The second kappa shape index (κ2) is 3.55. The van der Waals surface area contributed by atoms with Crippen LogP contribution in [0.25, 0.3) is 0 Å². The average Bonchev–Trinajstić information content (AvgIpc) is 2.29. The highest BCUT2D eigenvalue weighted by molar-refractivity contribution is 8.13. The molecule has 0 saturated heterocycles. The van der Waals surface area contributed by atoms with Crippen molar-refractivity contribution in [3.8, 4) is 0 Å². The number of nitrogens with zero attached hydrogens (tertiary/aromatic N) is 2. The Bertz CT molecular complexity index is 417. The van der Waals surface area contributed by atoms with Gasteiger partial charge in [-0.2, -0.15) is 5.10 Å². The highest BCUT2D eigenvalue weighted by Crippen LogP contribution is 2.20. The molecule has 4 nitrogen and oxygen atoms in total. The third-order valence-electron chi connectivity index (χ3n) is 1.55. The van der Waals surface area contributed by atoms with Crippen LogP contribution in [0.1, 0.15) is 20.8 Å². The monoisotopic (exact) mass is 236 g/mol. The molecule has 0 bridgehead atoms. The molecule has 0 aromatic carbocycles. The number of hydrogen-bond acceptors (Lipinski definition) is 3. The van der Waals surface area contributed by atoms with E-state index in [2.05, 4.69) is 5.10 Å². The van der Waals surface area contributed by atoms with Crippen molar-refractivity contribution in [2.75, 3.05) is 0 Å². The van der Waals surface area contributed by atoms with Gasteiger partial charge in [0.05, 0.1) is 6.20 Å². The van der Waals surface area contributed by atoms with Crippen LogP contribution in [-0.4, -0.2) is 18.2 Å². The Balaban J connectivity index is 3.07. The molecule has 0 atom stereocenters. The Morgan fingerprint density at radius 1 is 1.50 bits per heavy atom. The third kappa shape index (κ3) is 2.99. The molecule has 0 unspecified atom stereocenters. The van der Waals surface area contributed by atoms with Crippen molar-refractivity contribution < 1.29 is 8.42 Å². The van der Waals surface area contributed by atoms with Gasteiger partial charge in [-0.3, -0.25) is 4.68 Å². The van der Waals surface area contributed by atoms with Gasteiger partial charge < -0.3 is 0 Å². The van der Waals surface area contributed by atoms with Crippen LogP contribution >= 0.6 is 10.7 Å². The minimum atomic E-state index is -3.69. The summed E-state index contributed by atoms with van der Waals surface area (Å²) >= 11 is 0. The molecule has 6 heteroatoms. The molecule has 0 amide bonds. The first-order valence-corrected chi connectivity index (χ1v) is 6.47. The Morgan fingerprint density at radius 2 is 2.07 bits per heavy atom. The van der Waals surface area contributed by atoms with E-state index in [1.54, 1.807) is 0 Å². The van der Waals surface area contributed by atoms with Gasteiger partial charge in [0.1, 0.15) is 0 Å². The van der Waals surface area contributed by atoms with Gasteiger partial charge in [0.25, 0.3) is 9.05 Å². The zero-order valence-corrected chi connectivity index (χ0v) is 9.93. The van der Waals surface area contributed by atoms with Gasteiger partial charge in [0.15, 0.2) is 5.03 Å². The van der Waals surface area contributed by atoms with Crippen LogP contribution in [0.4, 0.5) is 0 Å². The zero-order chi connectivity index (χ0) is 11.0. The van der Waals surface area contributed by atoms with Crippen LogP contribution in [-0.2, 0) is 15.6 Å². The van der Waals surface area contributed by atoms with Gasteiger partial charge in [0.2, 0.25) is 0 Å². The topological polar surface area (TPSA) is 52.0 Å². The summed E-state index contributed by atoms with van der Waals surface area (Å²) in [5.74, 6) is 0. The molecule has 0 fully saturated rings. The Kier molecular flexibility index (Phi) is 2.92. The molecular formula is C8H13ClN2O2S. The number of hydrogen-bond donors (Lipinski definition) is 0. The standard InChI is InChI=1S/C8H13ClN2O2S/c1-8(2,3)6-11-7(4-5-10-11)14(9,12)13/h4-5H,6H2,1-3H3. The van der Waals surface area contributed by atoms with Crippen molar-refractivity contribution in [1.82, 2.24) is 9.78 Å². The smallest absolute Gasteiger partial charge is 0.253 e. The Hall–Kier alpha value is -0.550. The molecule has 1 heterocycles. The molecule has 80 valence electrons. The largest absolute Gasteiger partial charge is 0.278 e. The van der Waals surface area contributed by atoms with Crippen molar-refractivity contribution in [1.29, 1.82) is 0 Å². The molecule has 1 aromatic rings. The Labute approximate surface area is 88.3 Å². The molecule has 0 aliphatic carbocycles. The summed E-state index contributed by atoms with van der Waals surface area (Å²) in [7, 11) is 1.56. The van der Waals surface area contributed by atoms with E-state index < -0.39 is 9.05 Å². The van der Waals surface area contributed by atoms with Gasteiger partial charge in [0, 0.05) is 17.2 Å². The van der Waals surface area contributed by atoms with Crippen molar-refractivity contribution >= 4 is 19.7 Å². The predicted octanol–water partition coefficient (Wildman–Crippen LogP) is 1.86. The molecule has 0 spiro atoms. The lowest BCUT2D eigenvalue weighted by molar-refractivity contribution is 0.311. The quantitative estimate of drug-likeness (QED) is 0.737.